The Kier molecular flexibility index (Phi) is 8.24. The molecule has 0 bridgehead atoms. The number of hydrogen-bond donors (Lipinski definition) is 1. The highest BCUT2D eigenvalue weighted by Crippen LogP contribution is 2.53. The molecule has 4 aromatic rings. The third-order valence-corrected chi connectivity index (χ3v) is 10.6. The number of nitrogens with two attached hydrogens (primary N) is 1. The van der Waals surface area contributed by atoms with Gasteiger partial charge in [-0.2, -0.15) is 9.97 Å². The molecule has 7 rings (SSSR count). The predicted molar refractivity (Wildman–Crippen MR) is 172 cm³/mol. The molecule has 0 aliphatic carbocycles. The minimum Gasteiger partial charge on any atom is -0.489 e. The Bertz CT molecular complexity index is 2020. The molecule has 2 fully saturated rings. The Balaban J connectivity index is 1.47. The normalized spacial score (nSPS) is 21.0. The molecular weight excluding hydrogens is 682 g/mol. The van der Waals surface area contributed by atoms with Crippen LogP contribution in [0.4, 0.5) is 42.8 Å². The number of thiophene rings is 1. The lowest BCUT2D eigenvalue weighted by molar-refractivity contribution is 0.0818. The fourth-order valence-electron chi connectivity index (χ4n) is 7.15. The van der Waals surface area contributed by atoms with Crippen LogP contribution in [0.5, 0.6) is 11.8 Å². The summed E-state index contributed by atoms with van der Waals surface area (Å²) in [5, 5.41) is -0.594. The molecule has 2 atom stereocenters. The van der Waals surface area contributed by atoms with Crippen LogP contribution in [0.3, 0.4) is 0 Å². The van der Waals surface area contributed by atoms with Gasteiger partial charge in [-0.3, -0.25) is 4.90 Å². The van der Waals surface area contributed by atoms with Crippen molar-refractivity contribution in [3.05, 3.63) is 52.4 Å². The van der Waals surface area contributed by atoms with Gasteiger partial charge < -0.3 is 20.1 Å². The van der Waals surface area contributed by atoms with Crippen molar-refractivity contribution in [2.45, 2.75) is 50.1 Å². The SMILES string of the molecule is [C-]#[N+]c1c(N)sc2c(F)ccc(-c3c(Cl)c4c5c(nc(OC[C@@]67CCCN6CC(=C)C7)nc5c3F)N(CCC(F)F)[C@@H](C(F)F)CO4)c12. The zero-order chi connectivity index (χ0) is 34.1. The number of aromatic nitrogens is 2. The summed E-state index contributed by atoms with van der Waals surface area (Å²) in [7, 11) is 0. The number of halogens is 7. The third-order valence-electron chi connectivity index (χ3n) is 9.27. The number of anilines is 2. The van der Waals surface area contributed by atoms with Crippen LogP contribution < -0.4 is 20.1 Å². The maximum Gasteiger partial charge on any atom is 0.319 e. The zero-order valence-electron chi connectivity index (χ0n) is 25.1. The molecule has 3 aliphatic heterocycles. The number of benzene rings is 2. The van der Waals surface area contributed by atoms with Gasteiger partial charge in [0.25, 0.3) is 6.43 Å². The maximum atomic E-state index is 17.0. The molecule has 0 unspecified atom stereocenters. The van der Waals surface area contributed by atoms with Crippen LogP contribution in [0.15, 0.2) is 24.3 Å². The number of ether oxygens (including phenoxy) is 2. The van der Waals surface area contributed by atoms with E-state index in [2.05, 4.69) is 26.3 Å². The van der Waals surface area contributed by atoms with Gasteiger partial charge >= 0.3 is 6.01 Å². The topological polar surface area (TPSA) is 81.1 Å². The number of nitrogens with zero attached hydrogens (tertiary/aromatic N) is 5. The van der Waals surface area contributed by atoms with Crippen molar-refractivity contribution in [2.75, 3.05) is 43.5 Å². The second-order valence-corrected chi connectivity index (χ2v) is 13.6. The molecule has 0 amide bonds. The first kappa shape index (κ1) is 32.5. The summed E-state index contributed by atoms with van der Waals surface area (Å²) in [6.07, 6.45) is -4.35. The highest BCUT2D eigenvalue weighted by Gasteiger charge is 2.47. The smallest absolute Gasteiger partial charge is 0.319 e. The van der Waals surface area contributed by atoms with Crippen molar-refractivity contribution in [2.24, 2.45) is 0 Å². The lowest BCUT2D eigenvalue weighted by Crippen LogP contribution is -2.45. The van der Waals surface area contributed by atoms with E-state index >= 15 is 4.39 Å². The molecule has 2 aromatic heterocycles. The summed E-state index contributed by atoms with van der Waals surface area (Å²) in [6, 6.07) is 0.169. The van der Waals surface area contributed by atoms with E-state index in [9.17, 15) is 22.0 Å². The molecule has 0 spiro atoms. The van der Waals surface area contributed by atoms with Crippen molar-refractivity contribution in [3.63, 3.8) is 0 Å². The number of alkyl halides is 4. The summed E-state index contributed by atoms with van der Waals surface area (Å²) >= 11 is 7.63. The molecule has 252 valence electrons. The van der Waals surface area contributed by atoms with Crippen LogP contribution in [0.2, 0.25) is 5.02 Å². The summed E-state index contributed by atoms with van der Waals surface area (Å²) < 4.78 is 99.9. The van der Waals surface area contributed by atoms with E-state index in [1.807, 2.05) is 0 Å². The van der Waals surface area contributed by atoms with E-state index in [-0.39, 0.29) is 66.5 Å². The van der Waals surface area contributed by atoms with E-state index in [1.165, 1.54) is 6.07 Å². The standard InChI is InChI=1S/C32H27ClF6N6O2S/c1-14-10-32(7-3-8-44(32)11-14)13-47-31-42-24-21-26(46-12-17(28(38)39)45(30(21)43-31)9-6-18(35)36)22(33)19(23(24)37)15-4-5-16(34)27-20(15)25(41-2)29(40)48-27/h4-5,17-18,28H,1,3,6-13,40H2/t17-,32+/m1/s1. The highest BCUT2D eigenvalue weighted by atomic mass is 35.5. The molecule has 2 N–H and O–H groups in total. The van der Waals surface area contributed by atoms with Gasteiger partial charge in [0.15, 0.2) is 11.6 Å². The summed E-state index contributed by atoms with van der Waals surface area (Å²) in [5.41, 5.74) is 5.73. The van der Waals surface area contributed by atoms with Crippen molar-refractivity contribution >= 4 is 60.4 Å². The Morgan fingerprint density at radius 3 is 2.75 bits per heavy atom. The van der Waals surface area contributed by atoms with Crippen molar-refractivity contribution in [1.29, 1.82) is 0 Å². The van der Waals surface area contributed by atoms with Gasteiger partial charge in [-0.25, -0.2) is 31.2 Å². The first-order valence-electron chi connectivity index (χ1n) is 15.0. The van der Waals surface area contributed by atoms with Gasteiger partial charge in [0.05, 0.1) is 32.2 Å². The van der Waals surface area contributed by atoms with Crippen LogP contribution in [-0.2, 0) is 0 Å². The Labute approximate surface area is 279 Å². The van der Waals surface area contributed by atoms with Crippen LogP contribution in [0.1, 0.15) is 25.7 Å². The van der Waals surface area contributed by atoms with Gasteiger partial charge in [0.2, 0.25) is 12.1 Å². The Morgan fingerprint density at radius 1 is 1.23 bits per heavy atom. The quantitative estimate of drug-likeness (QED) is 0.112. The highest BCUT2D eigenvalue weighted by molar-refractivity contribution is 7.23. The molecule has 2 saturated heterocycles. The third kappa shape index (κ3) is 5.16. The molecule has 0 radical (unpaired) electrons. The van der Waals surface area contributed by atoms with Crippen LogP contribution in [0, 0.1) is 18.2 Å². The number of fused-ring (bicyclic) bond motifs is 2. The summed E-state index contributed by atoms with van der Waals surface area (Å²) in [4.78, 5) is 15.4. The van der Waals surface area contributed by atoms with E-state index in [0.29, 0.717) is 13.0 Å². The predicted octanol–water partition coefficient (Wildman–Crippen LogP) is 8.24. The van der Waals surface area contributed by atoms with E-state index in [0.717, 1.165) is 47.3 Å². The fraction of sp³-hybridized carbons (Fsp3) is 0.406. The van der Waals surface area contributed by atoms with E-state index < -0.39 is 61.2 Å². The fourth-order valence-corrected chi connectivity index (χ4v) is 8.42. The van der Waals surface area contributed by atoms with Crippen molar-refractivity contribution in [3.8, 4) is 22.9 Å². The number of rotatable bonds is 8. The largest absolute Gasteiger partial charge is 0.489 e. The molecule has 8 nitrogen and oxygen atoms in total. The average Bonchev–Trinajstić information content (AvgIpc) is 3.64. The second-order valence-electron chi connectivity index (χ2n) is 12.2. The first-order chi connectivity index (χ1) is 22.9. The van der Waals surface area contributed by atoms with E-state index in [4.69, 9.17) is 33.4 Å². The minimum atomic E-state index is -3.09. The molecule has 0 saturated carbocycles. The second kappa shape index (κ2) is 12.2. The maximum absolute atomic E-state index is 17.0. The first-order valence-corrected chi connectivity index (χ1v) is 16.2. The lowest BCUT2D eigenvalue weighted by Gasteiger charge is -2.32. The van der Waals surface area contributed by atoms with Crippen LogP contribution >= 0.6 is 22.9 Å². The minimum absolute atomic E-state index is 0.00253. The molecule has 2 aromatic carbocycles. The van der Waals surface area contributed by atoms with Crippen molar-refractivity contribution in [1.82, 2.24) is 14.9 Å². The summed E-state index contributed by atoms with van der Waals surface area (Å²) in [5.74, 6) is -2.34. The molecule has 3 aliphatic rings. The van der Waals surface area contributed by atoms with Gasteiger partial charge in [-0.1, -0.05) is 29.8 Å². The molecule has 5 heterocycles. The molecular formula is C32H27ClF6N6O2S. The number of hydrogen-bond acceptors (Lipinski definition) is 8. The monoisotopic (exact) mass is 708 g/mol. The van der Waals surface area contributed by atoms with Crippen LogP contribution in [0.25, 0.3) is 37.0 Å². The summed E-state index contributed by atoms with van der Waals surface area (Å²) in [6.45, 7) is 12.1. The Hall–Kier alpha value is -4.00. The number of nitrogen functional groups attached to an aromatic ring is 1. The average molecular weight is 709 g/mol. The van der Waals surface area contributed by atoms with Gasteiger partial charge in [0, 0.05) is 30.5 Å². The Morgan fingerprint density at radius 2 is 2.02 bits per heavy atom. The molecule has 16 heteroatoms. The van der Waals surface area contributed by atoms with Crippen LogP contribution in [-0.4, -0.2) is 72.1 Å². The van der Waals surface area contributed by atoms with Gasteiger partial charge in [-0.15, -0.1) is 11.3 Å². The zero-order valence-corrected chi connectivity index (χ0v) is 26.7. The lowest BCUT2D eigenvalue weighted by atomic mass is 9.94. The van der Waals surface area contributed by atoms with Gasteiger partial charge in [0.1, 0.15) is 36.4 Å². The van der Waals surface area contributed by atoms with Crippen molar-refractivity contribution < 1.29 is 35.8 Å². The van der Waals surface area contributed by atoms with Gasteiger partial charge in [-0.05, 0) is 37.4 Å². The molecule has 48 heavy (non-hydrogen) atoms. The van der Waals surface area contributed by atoms with E-state index in [1.54, 1.807) is 0 Å².